The van der Waals surface area contributed by atoms with Gasteiger partial charge in [0.2, 0.25) is 0 Å². The van der Waals surface area contributed by atoms with Crippen LogP contribution in [0.25, 0.3) is 0 Å². The molecule has 1 atom stereocenters. The van der Waals surface area contributed by atoms with Gasteiger partial charge in [-0.1, -0.05) is 36.4 Å². The summed E-state index contributed by atoms with van der Waals surface area (Å²) in [6.45, 7) is 0. The van der Waals surface area contributed by atoms with Crippen molar-refractivity contribution in [2.75, 3.05) is 7.11 Å². The predicted molar refractivity (Wildman–Crippen MR) is 74.5 cm³/mol. The van der Waals surface area contributed by atoms with E-state index in [4.69, 9.17) is 4.74 Å². The number of carbonyl (C=O) groups excluding carboxylic acids is 2. The number of ketones is 1. The molecule has 0 aliphatic rings. The predicted octanol–water partition coefficient (Wildman–Crippen LogP) is 3.28. The molecule has 0 N–H and O–H groups in total. The standard InChI is InChI=1S/C15H14O3S/c1-18-15(17)12(11-6-3-2-4-7-11)10-13(16)14-8-5-9-19-14/h2-9,12H,10H2,1H3/t12-/m1/s1. The Balaban J connectivity index is 2.20. The minimum atomic E-state index is -0.541. The topological polar surface area (TPSA) is 43.4 Å². The fourth-order valence-electron chi connectivity index (χ4n) is 1.89. The van der Waals surface area contributed by atoms with Crippen molar-refractivity contribution in [3.8, 4) is 0 Å². The molecule has 0 spiro atoms. The highest BCUT2D eigenvalue weighted by Gasteiger charge is 2.25. The number of Topliss-reactive ketones (excluding diaryl/α,β-unsaturated/α-hetero) is 1. The Morgan fingerprint density at radius 3 is 2.47 bits per heavy atom. The van der Waals surface area contributed by atoms with Gasteiger partial charge in [-0.2, -0.15) is 0 Å². The van der Waals surface area contributed by atoms with Crippen molar-refractivity contribution in [1.29, 1.82) is 0 Å². The summed E-state index contributed by atoms with van der Waals surface area (Å²) in [4.78, 5) is 24.6. The molecule has 2 rings (SSSR count). The van der Waals surface area contributed by atoms with E-state index in [1.807, 2.05) is 41.8 Å². The minimum Gasteiger partial charge on any atom is -0.469 e. The van der Waals surface area contributed by atoms with Gasteiger partial charge >= 0.3 is 5.97 Å². The number of hydrogen-bond donors (Lipinski definition) is 0. The zero-order chi connectivity index (χ0) is 13.7. The molecule has 0 unspecified atom stereocenters. The Bertz CT molecular complexity index is 546. The first-order valence-corrected chi connectivity index (χ1v) is 6.80. The van der Waals surface area contributed by atoms with E-state index in [2.05, 4.69) is 0 Å². The first-order valence-electron chi connectivity index (χ1n) is 5.92. The molecule has 4 heteroatoms. The van der Waals surface area contributed by atoms with Gasteiger partial charge in [-0.3, -0.25) is 9.59 Å². The number of hydrogen-bond acceptors (Lipinski definition) is 4. The van der Waals surface area contributed by atoms with Crippen LogP contribution >= 0.6 is 11.3 Å². The molecule has 0 bridgehead atoms. The minimum absolute atomic E-state index is 0.0331. The van der Waals surface area contributed by atoms with Crippen LogP contribution in [-0.4, -0.2) is 18.9 Å². The first kappa shape index (κ1) is 13.5. The van der Waals surface area contributed by atoms with Gasteiger partial charge in [-0.05, 0) is 17.0 Å². The normalized spacial score (nSPS) is 11.8. The van der Waals surface area contributed by atoms with Crippen molar-refractivity contribution in [2.45, 2.75) is 12.3 Å². The first-order chi connectivity index (χ1) is 9.22. The second-order valence-electron chi connectivity index (χ2n) is 4.09. The lowest BCUT2D eigenvalue weighted by molar-refractivity contribution is -0.142. The van der Waals surface area contributed by atoms with Gasteiger partial charge in [0.15, 0.2) is 5.78 Å². The summed E-state index contributed by atoms with van der Waals surface area (Å²) in [6.07, 6.45) is 0.136. The molecule has 2 aromatic rings. The molecule has 0 aliphatic carbocycles. The highest BCUT2D eigenvalue weighted by molar-refractivity contribution is 7.12. The van der Waals surface area contributed by atoms with Gasteiger partial charge in [0.1, 0.15) is 0 Å². The Hall–Kier alpha value is -1.94. The van der Waals surface area contributed by atoms with Gasteiger partial charge in [0, 0.05) is 6.42 Å². The quantitative estimate of drug-likeness (QED) is 0.621. The van der Waals surface area contributed by atoms with Gasteiger partial charge in [-0.15, -0.1) is 11.3 Å². The SMILES string of the molecule is COC(=O)[C@H](CC(=O)c1cccs1)c1ccccc1. The molecule has 1 aromatic carbocycles. The van der Waals surface area contributed by atoms with Crippen LogP contribution in [0.2, 0.25) is 0 Å². The maximum Gasteiger partial charge on any atom is 0.313 e. The zero-order valence-electron chi connectivity index (χ0n) is 10.5. The second-order valence-corrected chi connectivity index (χ2v) is 5.04. The molecule has 19 heavy (non-hydrogen) atoms. The van der Waals surface area contributed by atoms with Crippen LogP contribution in [-0.2, 0) is 9.53 Å². The summed E-state index contributed by atoms with van der Waals surface area (Å²) in [7, 11) is 1.34. The molecule has 0 fully saturated rings. The van der Waals surface area contributed by atoms with Crippen LogP contribution in [0.4, 0.5) is 0 Å². The van der Waals surface area contributed by atoms with E-state index in [0.29, 0.717) is 4.88 Å². The monoisotopic (exact) mass is 274 g/mol. The van der Waals surface area contributed by atoms with Gasteiger partial charge in [0.05, 0.1) is 17.9 Å². The van der Waals surface area contributed by atoms with Crippen LogP contribution in [0, 0.1) is 0 Å². The second kappa shape index (κ2) is 6.29. The molecule has 0 amide bonds. The molecule has 98 valence electrons. The van der Waals surface area contributed by atoms with Crippen molar-refractivity contribution < 1.29 is 14.3 Å². The van der Waals surface area contributed by atoms with E-state index in [1.54, 1.807) is 6.07 Å². The highest BCUT2D eigenvalue weighted by Crippen LogP contribution is 2.24. The fraction of sp³-hybridized carbons (Fsp3) is 0.200. The van der Waals surface area contributed by atoms with Crippen LogP contribution in [0.5, 0.6) is 0 Å². The summed E-state index contributed by atoms with van der Waals surface area (Å²) in [5.74, 6) is -0.953. The third-order valence-electron chi connectivity index (χ3n) is 2.87. The maximum atomic E-state index is 12.1. The lowest BCUT2D eigenvalue weighted by Crippen LogP contribution is -2.17. The van der Waals surface area contributed by atoms with Crippen molar-refractivity contribution >= 4 is 23.1 Å². The number of carbonyl (C=O) groups is 2. The largest absolute Gasteiger partial charge is 0.469 e. The number of benzene rings is 1. The molecule has 1 aromatic heterocycles. The number of methoxy groups -OCH3 is 1. The summed E-state index contributed by atoms with van der Waals surface area (Å²) in [6, 6.07) is 12.8. The summed E-state index contributed by atoms with van der Waals surface area (Å²) >= 11 is 1.39. The van der Waals surface area contributed by atoms with Crippen LogP contribution in [0.1, 0.15) is 27.6 Å². The molecular formula is C15H14O3S. The molecule has 0 saturated carbocycles. The zero-order valence-corrected chi connectivity index (χ0v) is 11.4. The number of esters is 1. The summed E-state index contributed by atoms with van der Waals surface area (Å²) in [5, 5.41) is 1.85. The average Bonchev–Trinajstić information content (AvgIpc) is 2.99. The van der Waals surface area contributed by atoms with Crippen LogP contribution in [0.15, 0.2) is 47.8 Å². The Morgan fingerprint density at radius 2 is 1.89 bits per heavy atom. The van der Waals surface area contributed by atoms with Gasteiger partial charge in [-0.25, -0.2) is 0 Å². The van der Waals surface area contributed by atoms with E-state index < -0.39 is 5.92 Å². The van der Waals surface area contributed by atoms with Crippen molar-refractivity contribution in [2.24, 2.45) is 0 Å². The molecule has 3 nitrogen and oxygen atoms in total. The molecular weight excluding hydrogens is 260 g/mol. The summed E-state index contributed by atoms with van der Waals surface area (Å²) < 4.78 is 4.80. The Morgan fingerprint density at radius 1 is 1.16 bits per heavy atom. The molecule has 0 saturated heterocycles. The van der Waals surface area contributed by atoms with E-state index in [0.717, 1.165) is 5.56 Å². The maximum absolute atomic E-state index is 12.1. The van der Waals surface area contributed by atoms with Crippen molar-refractivity contribution in [3.63, 3.8) is 0 Å². The van der Waals surface area contributed by atoms with Gasteiger partial charge in [0.25, 0.3) is 0 Å². The van der Waals surface area contributed by atoms with E-state index in [9.17, 15) is 9.59 Å². The highest BCUT2D eigenvalue weighted by atomic mass is 32.1. The lowest BCUT2D eigenvalue weighted by Gasteiger charge is -2.13. The average molecular weight is 274 g/mol. The van der Waals surface area contributed by atoms with Crippen molar-refractivity contribution in [1.82, 2.24) is 0 Å². The van der Waals surface area contributed by atoms with Crippen LogP contribution < -0.4 is 0 Å². The Labute approximate surface area is 115 Å². The number of thiophene rings is 1. The molecule has 0 radical (unpaired) electrons. The molecule has 1 heterocycles. The number of rotatable bonds is 5. The van der Waals surface area contributed by atoms with E-state index in [1.165, 1.54) is 18.4 Å². The van der Waals surface area contributed by atoms with E-state index >= 15 is 0 Å². The fourth-order valence-corrected chi connectivity index (χ4v) is 2.56. The summed E-state index contributed by atoms with van der Waals surface area (Å²) in [5.41, 5.74) is 0.805. The van der Waals surface area contributed by atoms with Crippen molar-refractivity contribution in [3.05, 3.63) is 58.3 Å². The van der Waals surface area contributed by atoms with E-state index in [-0.39, 0.29) is 18.2 Å². The lowest BCUT2D eigenvalue weighted by atomic mass is 9.93. The number of ether oxygens (including phenoxy) is 1. The Kier molecular flexibility index (Phi) is 4.47. The third-order valence-corrected chi connectivity index (χ3v) is 3.78. The smallest absolute Gasteiger partial charge is 0.313 e. The third kappa shape index (κ3) is 3.29. The van der Waals surface area contributed by atoms with Gasteiger partial charge < -0.3 is 4.74 Å². The van der Waals surface area contributed by atoms with Crippen LogP contribution in [0.3, 0.4) is 0 Å². The molecule has 0 aliphatic heterocycles.